The molecule has 0 fully saturated rings. The van der Waals surface area contributed by atoms with Crippen molar-refractivity contribution in [2.75, 3.05) is 19.8 Å². The van der Waals surface area contributed by atoms with Crippen molar-refractivity contribution in [3.8, 4) is 5.69 Å². The summed E-state index contributed by atoms with van der Waals surface area (Å²) in [6, 6.07) is 24.5. The number of esters is 1. The molecule has 0 saturated carbocycles. The van der Waals surface area contributed by atoms with E-state index in [0.717, 1.165) is 40.6 Å². The number of carbonyl (C=O) groups is 1. The topological polar surface area (TPSA) is 118 Å². The Morgan fingerprint density at radius 1 is 0.947 bits per heavy atom. The van der Waals surface area contributed by atoms with E-state index in [9.17, 15) is 20.1 Å². The number of aliphatic hydroxyl groups excluding tert-OH is 3. The van der Waals surface area contributed by atoms with Crippen molar-refractivity contribution < 1.29 is 24.9 Å². The normalized spacial score (nSPS) is 12.6. The number of nitrogens with zero attached hydrogens (tertiary/aromatic N) is 1. The van der Waals surface area contributed by atoms with E-state index < -0.39 is 30.8 Å². The number of rotatable bonds is 12. The highest BCUT2D eigenvalue weighted by Gasteiger charge is 2.25. The molecule has 1 heterocycles. The number of hydrogen-bond donors (Lipinski definition) is 4. The van der Waals surface area contributed by atoms with Gasteiger partial charge in [0.15, 0.2) is 0 Å². The molecule has 4 rings (SSSR count). The fourth-order valence-corrected chi connectivity index (χ4v) is 4.43. The number of aliphatic hydroxyl groups is 3. The summed E-state index contributed by atoms with van der Waals surface area (Å²) < 4.78 is 7.36. The summed E-state index contributed by atoms with van der Waals surface area (Å²) in [7, 11) is 0. The van der Waals surface area contributed by atoms with Gasteiger partial charge in [0.25, 0.3) is 0 Å². The zero-order valence-corrected chi connectivity index (χ0v) is 21.7. The van der Waals surface area contributed by atoms with Crippen molar-refractivity contribution in [3.63, 3.8) is 0 Å². The number of ether oxygens (including phenoxy) is 1. The number of carbonyl (C=O) groups excluding carboxylic acids is 1. The third-order valence-corrected chi connectivity index (χ3v) is 6.90. The van der Waals surface area contributed by atoms with E-state index in [1.54, 1.807) is 6.92 Å². The Morgan fingerprint density at radius 2 is 1.66 bits per heavy atom. The molecule has 200 valence electrons. The minimum Gasteiger partial charge on any atom is -0.464 e. The van der Waals surface area contributed by atoms with Gasteiger partial charge in [-0.1, -0.05) is 48.5 Å². The van der Waals surface area contributed by atoms with Crippen molar-refractivity contribution in [1.29, 1.82) is 0 Å². The van der Waals surface area contributed by atoms with Crippen molar-refractivity contribution in [1.82, 2.24) is 4.57 Å². The molecule has 0 aliphatic heterocycles. The molecule has 3 aromatic carbocycles. The number of fused-ring (bicyclic) bond motifs is 1. The summed E-state index contributed by atoms with van der Waals surface area (Å²) in [6.45, 7) is 0.568. The lowest BCUT2D eigenvalue weighted by molar-refractivity contribution is -0.146. The molecule has 0 amide bonds. The van der Waals surface area contributed by atoms with Crippen LogP contribution in [0.2, 0.25) is 0 Å². The van der Waals surface area contributed by atoms with Gasteiger partial charge < -0.3 is 30.4 Å². The maximum Gasteiger partial charge on any atom is 0.306 e. The molecular formula is C31H36N2O5. The monoisotopic (exact) mass is 516 g/mol. The number of benzene rings is 3. The molecule has 1 unspecified atom stereocenters. The molecule has 7 heteroatoms. The molecule has 0 aliphatic rings. The molecule has 0 aliphatic carbocycles. The lowest BCUT2D eigenvalue weighted by Crippen LogP contribution is -2.51. The van der Waals surface area contributed by atoms with E-state index in [0.29, 0.717) is 6.42 Å². The first-order valence-electron chi connectivity index (χ1n) is 12.9. The molecule has 1 aromatic heterocycles. The Hall–Kier alpha value is -3.49. The number of aromatic nitrogens is 1. The summed E-state index contributed by atoms with van der Waals surface area (Å²) in [5, 5.41) is 29.6. The van der Waals surface area contributed by atoms with E-state index in [1.807, 2.05) is 36.4 Å². The number of nitrogens with two attached hydrogens (primary N) is 1. The fourth-order valence-electron chi connectivity index (χ4n) is 4.43. The predicted molar refractivity (Wildman–Crippen MR) is 148 cm³/mol. The smallest absolute Gasteiger partial charge is 0.306 e. The second-order valence-corrected chi connectivity index (χ2v) is 9.97. The zero-order chi connectivity index (χ0) is 27.1. The standard InChI is InChI=1S/C31H36N2O5/c1-22(36)25-11-13-27(14-12-25)33-18-26(10-7-23-5-3-2-4-6-23)28-17-24(8-15-29(28)33)9-16-30(37)38-21-31(32,19-34)20-35/h2-6,8,11-15,17-18,22,34-36H,7,9-10,16,19-21,32H2,1H3. The van der Waals surface area contributed by atoms with Gasteiger partial charge in [0, 0.05) is 23.7 Å². The maximum atomic E-state index is 12.3. The third-order valence-electron chi connectivity index (χ3n) is 6.90. The quantitative estimate of drug-likeness (QED) is 0.214. The molecule has 4 aromatic rings. The van der Waals surface area contributed by atoms with Crippen LogP contribution in [0.25, 0.3) is 16.6 Å². The maximum absolute atomic E-state index is 12.3. The Bertz CT molecular complexity index is 1340. The van der Waals surface area contributed by atoms with Gasteiger partial charge in [0.05, 0.1) is 30.4 Å². The van der Waals surface area contributed by atoms with Crippen LogP contribution in [0.1, 0.15) is 41.7 Å². The Labute approximate surface area is 223 Å². The van der Waals surface area contributed by atoms with Crippen molar-refractivity contribution in [2.24, 2.45) is 5.73 Å². The molecule has 0 radical (unpaired) electrons. The van der Waals surface area contributed by atoms with Gasteiger partial charge in [-0.2, -0.15) is 0 Å². The Morgan fingerprint density at radius 3 is 2.32 bits per heavy atom. The molecule has 0 saturated heterocycles. The summed E-state index contributed by atoms with van der Waals surface area (Å²) in [6.07, 6.45) is 4.10. The summed E-state index contributed by atoms with van der Waals surface area (Å²) in [5.41, 5.74) is 10.9. The first-order chi connectivity index (χ1) is 18.3. The average molecular weight is 517 g/mol. The first-order valence-corrected chi connectivity index (χ1v) is 12.9. The van der Waals surface area contributed by atoms with Gasteiger partial charge in [-0.25, -0.2) is 0 Å². The van der Waals surface area contributed by atoms with Gasteiger partial charge in [-0.3, -0.25) is 4.79 Å². The lowest BCUT2D eigenvalue weighted by atomic mass is 10.0. The van der Waals surface area contributed by atoms with Crippen LogP contribution < -0.4 is 5.73 Å². The summed E-state index contributed by atoms with van der Waals surface area (Å²) >= 11 is 0. The van der Waals surface area contributed by atoms with Crippen LogP contribution in [0, 0.1) is 0 Å². The van der Waals surface area contributed by atoms with E-state index in [-0.39, 0.29) is 13.0 Å². The fraction of sp³-hybridized carbons (Fsp3) is 0.323. The SMILES string of the molecule is CC(O)c1ccc(-n2cc(CCc3ccccc3)c3cc(CCC(=O)OCC(N)(CO)CO)ccc32)cc1. The lowest BCUT2D eigenvalue weighted by Gasteiger charge is -2.23. The molecule has 0 spiro atoms. The highest BCUT2D eigenvalue weighted by atomic mass is 16.5. The second kappa shape index (κ2) is 12.4. The van der Waals surface area contributed by atoms with Crippen LogP contribution in [0.3, 0.4) is 0 Å². The van der Waals surface area contributed by atoms with E-state index in [1.165, 1.54) is 11.1 Å². The van der Waals surface area contributed by atoms with Crippen LogP contribution in [-0.4, -0.2) is 51.2 Å². The van der Waals surface area contributed by atoms with Crippen LogP contribution in [0.15, 0.2) is 79.0 Å². The number of hydrogen-bond acceptors (Lipinski definition) is 6. The van der Waals surface area contributed by atoms with E-state index in [4.69, 9.17) is 10.5 Å². The molecule has 0 bridgehead atoms. The molecule has 7 nitrogen and oxygen atoms in total. The summed E-state index contributed by atoms with van der Waals surface area (Å²) in [5.74, 6) is -0.429. The molecular weight excluding hydrogens is 480 g/mol. The Balaban J connectivity index is 1.56. The van der Waals surface area contributed by atoms with Crippen molar-refractivity contribution in [3.05, 3.63) is 101 Å². The molecule has 38 heavy (non-hydrogen) atoms. The Kier molecular flexibility index (Phi) is 8.97. The predicted octanol–water partition coefficient (Wildman–Crippen LogP) is 3.63. The highest BCUT2D eigenvalue weighted by Crippen LogP contribution is 2.28. The summed E-state index contributed by atoms with van der Waals surface area (Å²) in [4.78, 5) is 12.3. The second-order valence-electron chi connectivity index (χ2n) is 9.97. The van der Waals surface area contributed by atoms with Crippen molar-refractivity contribution in [2.45, 2.75) is 44.2 Å². The van der Waals surface area contributed by atoms with Crippen molar-refractivity contribution >= 4 is 16.9 Å². The van der Waals surface area contributed by atoms with E-state index >= 15 is 0 Å². The number of aryl methyl sites for hydroxylation is 3. The van der Waals surface area contributed by atoms with Gasteiger partial charge in [0.2, 0.25) is 0 Å². The van der Waals surface area contributed by atoms with E-state index in [2.05, 4.69) is 47.2 Å². The van der Waals surface area contributed by atoms with Gasteiger partial charge in [-0.05, 0) is 72.7 Å². The molecule has 5 N–H and O–H groups in total. The largest absolute Gasteiger partial charge is 0.464 e. The van der Waals surface area contributed by atoms with Gasteiger partial charge in [-0.15, -0.1) is 0 Å². The third kappa shape index (κ3) is 6.68. The van der Waals surface area contributed by atoms with Crippen LogP contribution in [0.5, 0.6) is 0 Å². The van der Waals surface area contributed by atoms with Crippen LogP contribution >= 0.6 is 0 Å². The average Bonchev–Trinajstić information content (AvgIpc) is 3.32. The van der Waals surface area contributed by atoms with Crippen LogP contribution in [0.4, 0.5) is 0 Å². The van der Waals surface area contributed by atoms with Crippen LogP contribution in [-0.2, 0) is 28.8 Å². The van der Waals surface area contributed by atoms with Gasteiger partial charge >= 0.3 is 5.97 Å². The highest BCUT2D eigenvalue weighted by molar-refractivity contribution is 5.86. The van der Waals surface area contributed by atoms with Gasteiger partial charge in [0.1, 0.15) is 6.61 Å². The molecule has 1 atom stereocenters. The minimum atomic E-state index is -1.33. The zero-order valence-electron chi connectivity index (χ0n) is 21.7. The first kappa shape index (κ1) is 27.5. The minimum absolute atomic E-state index is 0.166.